The molecule has 0 fully saturated rings. The van der Waals surface area contributed by atoms with Gasteiger partial charge in [0.2, 0.25) is 0 Å². The molecule has 3 nitrogen and oxygen atoms in total. The van der Waals surface area contributed by atoms with Gasteiger partial charge in [0.1, 0.15) is 4.88 Å². The lowest BCUT2D eigenvalue weighted by molar-refractivity contribution is 0.0512. The number of esters is 1. The molecule has 1 aromatic carbocycles. The first-order valence-electron chi connectivity index (χ1n) is 5.94. The zero-order valence-corrected chi connectivity index (χ0v) is 12.9. The number of nitrogen functional groups attached to an aromatic ring is 1. The lowest BCUT2D eigenvalue weighted by atomic mass is 10.2. The molecule has 0 bridgehead atoms. The summed E-state index contributed by atoms with van der Waals surface area (Å²) in [4.78, 5) is 13.3. The molecule has 1 heterocycles. The highest BCUT2D eigenvalue weighted by Crippen LogP contribution is 2.34. The second-order valence-corrected chi connectivity index (χ2v) is 6.01. The number of halogens is 1. The van der Waals surface area contributed by atoms with Gasteiger partial charge in [-0.1, -0.05) is 35.0 Å². The summed E-state index contributed by atoms with van der Waals surface area (Å²) in [5.74, 6) is -0.340. The molecule has 0 radical (unpaired) electrons. The van der Waals surface area contributed by atoms with Gasteiger partial charge in [-0.05, 0) is 30.2 Å². The SMILES string of the molecule is CCCOC(=O)c1sc(-c2ccc(Br)cc2)cc1N. The van der Waals surface area contributed by atoms with Crippen LogP contribution in [0.4, 0.5) is 5.69 Å². The van der Waals surface area contributed by atoms with E-state index in [1.807, 2.05) is 37.3 Å². The third-order valence-electron chi connectivity index (χ3n) is 2.51. The summed E-state index contributed by atoms with van der Waals surface area (Å²) in [5.41, 5.74) is 7.39. The Hall–Kier alpha value is -1.33. The molecule has 0 unspecified atom stereocenters. The number of hydrogen-bond acceptors (Lipinski definition) is 4. The average Bonchev–Trinajstić information content (AvgIpc) is 2.79. The quantitative estimate of drug-likeness (QED) is 0.843. The van der Waals surface area contributed by atoms with Gasteiger partial charge in [-0.25, -0.2) is 4.79 Å². The van der Waals surface area contributed by atoms with Crippen molar-refractivity contribution >= 4 is 38.9 Å². The summed E-state index contributed by atoms with van der Waals surface area (Å²) in [7, 11) is 0. The minimum atomic E-state index is -0.340. The van der Waals surface area contributed by atoms with Gasteiger partial charge >= 0.3 is 5.97 Å². The third-order valence-corrected chi connectivity index (χ3v) is 4.22. The molecule has 0 spiro atoms. The Balaban J connectivity index is 2.25. The van der Waals surface area contributed by atoms with Crippen LogP contribution < -0.4 is 5.73 Å². The van der Waals surface area contributed by atoms with E-state index in [1.54, 1.807) is 0 Å². The van der Waals surface area contributed by atoms with Gasteiger partial charge in [-0.2, -0.15) is 0 Å². The van der Waals surface area contributed by atoms with E-state index in [2.05, 4.69) is 15.9 Å². The van der Waals surface area contributed by atoms with Crippen LogP contribution in [-0.2, 0) is 4.74 Å². The Bertz CT molecular complexity index is 578. The van der Waals surface area contributed by atoms with Crippen LogP contribution in [0.3, 0.4) is 0 Å². The molecule has 2 N–H and O–H groups in total. The zero-order valence-electron chi connectivity index (χ0n) is 10.5. The third kappa shape index (κ3) is 3.36. The number of hydrogen-bond donors (Lipinski definition) is 1. The number of anilines is 1. The molecule has 2 aromatic rings. The first-order chi connectivity index (χ1) is 9.11. The van der Waals surface area contributed by atoms with E-state index >= 15 is 0 Å². The maximum absolute atomic E-state index is 11.8. The predicted molar refractivity (Wildman–Crippen MR) is 82.4 cm³/mol. The van der Waals surface area contributed by atoms with E-state index in [4.69, 9.17) is 10.5 Å². The van der Waals surface area contributed by atoms with Crippen LogP contribution in [0, 0.1) is 0 Å². The van der Waals surface area contributed by atoms with Crippen molar-refractivity contribution in [3.8, 4) is 10.4 Å². The van der Waals surface area contributed by atoms with Crippen LogP contribution >= 0.6 is 27.3 Å². The van der Waals surface area contributed by atoms with Crippen molar-refractivity contribution < 1.29 is 9.53 Å². The van der Waals surface area contributed by atoms with E-state index in [0.717, 1.165) is 21.3 Å². The molecule has 0 aliphatic carbocycles. The number of benzene rings is 1. The van der Waals surface area contributed by atoms with Crippen molar-refractivity contribution in [2.45, 2.75) is 13.3 Å². The molecule has 5 heteroatoms. The largest absolute Gasteiger partial charge is 0.461 e. The predicted octanol–water partition coefficient (Wildman–Crippen LogP) is 4.33. The lowest BCUT2D eigenvalue weighted by Gasteiger charge is -2.00. The minimum absolute atomic E-state index is 0.340. The number of carbonyl (C=O) groups is 1. The van der Waals surface area contributed by atoms with Crippen LogP contribution in [0.1, 0.15) is 23.0 Å². The van der Waals surface area contributed by atoms with Gasteiger partial charge in [0.05, 0.1) is 12.3 Å². The Morgan fingerprint density at radius 3 is 2.68 bits per heavy atom. The first kappa shape index (κ1) is 14.1. The van der Waals surface area contributed by atoms with Gasteiger partial charge in [0.25, 0.3) is 0 Å². The number of thiophene rings is 1. The van der Waals surface area contributed by atoms with Crippen molar-refractivity contribution in [3.63, 3.8) is 0 Å². The van der Waals surface area contributed by atoms with E-state index in [-0.39, 0.29) is 5.97 Å². The Morgan fingerprint density at radius 2 is 2.05 bits per heavy atom. The highest BCUT2D eigenvalue weighted by Gasteiger charge is 2.16. The highest BCUT2D eigenvalue weighted by atomic mass is 79.9. The Morgan fingerprint density at radius 1 is 1.37 bits per heavy atom. The van der Waals surface area contributed by atoms with Crippen molar-refractivity contribution in [1.29, 1.82) is 0 Å². The normalized spacial score (nSPS) is 10.4. The van der Waals surface area contributed by atoms with Gasteiger partial charge < -0.3 is 10.5 Å². The molecule has 0 saturated heterocycles. The number of nitrogens with two attached hydrogens (primary N) is 1. The molecule has 100 valence electrons. The molecule has 0 saturated carbocycles. The molecule has 0 atom stereocenters. The van der Waals surface area contributed by atoms with Crippen LogP contribution in [0.5, 0.6) is 0 Å². The maximum atomic E-state index is 11.8. The second-order valence-electron chi connectivity index (χ2n) is 4.04. The molecule has 0 aliphatic rings. The number of rotatable bonds is 4. The van der Waals surface area contributed by atoms with Crippen LogP contribution in [-0.4, -0.2) is 12.6 Å². The summed E-state index contributed by atoms with van der Waals surface area (Å²) in [6.45, 7) is 2.38. The highest BCUT2D eigenvalue weighted by molar-refractivity contribution is 9.10. The molecule has 19 heavy (non-hydrogen) atoms. The second kappa shape index (κ2) is 6.21. The standard InChI is InChI=1S/C14H14BrNO2S/c1-2-7-18-14(17)13-11(16)8-12(19-13)9-3-5-10(15)6-4-9/h3-6,8H,2,7,16H2,1H3. The van der Waals surface area contributed by atoms with E-state index in [1.165, 1.54) is 11.3 Å². The van der Waals surface area contributed by atoms with Crippen molar-refractivity contribution in [2.75, 3.05) is 12.3 Å². The maximum Gasteiger partial charge on any atom is 0.350 e. The van der Waals surface area contributed by atoms with Crippen molar-refractivity contribution in [3.05, 3.63) is 39.7 Å². The van der Waals surface area contributed by atoms with Gasteiger partial charge in [0.15, 0.2) is 0 Å². The van der Waals surface area contributed by atoms with Gasteiger partial charge in [-0.3, -0.25) is 0 Å². The zero-order chi connectivity index (χ0) is 13.8. The smallest absolute Gasteiger partial charge is 0.350 e. The van der Waals surface area contributed by atoms with E-state index in [0.29, 0.717) is 17.2 Å². The van der Waals surface area contributed by atoms with Crippen LogP contribution in [0.15, 0.2) is 34.8 Å². The summed E-state index contributed by atoms with van der Waals surface area (Å²) in [5, 5.41) is 0. The number of ether oxygens (including phenoxy) is 1. The van der Waals surface area contributed by atoms with E-state index < -0.39 is 0 Å². The first-order valence-corrected chi connectivity index (χ1v) is 7.55. The molecule has 0 amide bonds. The number of carbonyl (C=O) groups excluding carboxylic acids is 1. The summed E-state index contributed by atoms with van der Waals surface area (Å²) >= 11 is 4.76. The van der Waals surface area contributed by atoms with Gasteiger partial charge in [-0.15, -0.1) is 11.3 Å². The summed E-state index contributed by atoms with van der Waals surface area (Å²) < 4.78 is 6.13. The fraction of sp³-hybridized carbons (Fsp3) is 0.214. The fourth-order valence-electron chi connectivity index (χ4n) is 1.58. The fourth-order valence-corrected chi connectivity index (χ4v) is 2.82. The van der Waals surface area contributed by atoms with Crippen LogP contribution in [0.2, 0.25) is 0 Å². The average molecular weight is 340 g/mol. The summed E-state index contributed by atoms with van der Waals surface area (Å²) in [6, 6.07) is 9.70. The Labute approximate surface area is 124 Å². The molecule has 1 aromatic heterocycles. The monoisotopic (exact) mass is 339 g/mol. The van der Waals surface area contributed by atoms with Crippen LogP contribution in [0.25, 0.3) is 10.4 Å². The molecule has 2 rings (SSSR count). The molecular formula is C14H14BrNO2S. The van der Waals surface area contributed by atoms with Crippen molar-refractivity contribution in [2.24, 2.45) is 0 Å². The Kier molecular flexibility index (Phi) is 4.61. The summed E-state index contributed by atoms with van der Waals surface area (Å²) in [6.07, 6.45) is 0.802. The van der Waals surface area contributed by atoms with Crippen molar-refractivity contribution in [1.82, 2.24) is 0 Å². The van der Waals surface area contributed by atoms with Gasteiger partial charge in [0, 0.05) is 9.35 Å². The van der Waals surface area contributed by atoms with E-state index in [9.17, 15) is 4.79 Å². The molecular weight excluding hydrogens is 326 g/mol. The minimum Gasteiger partial charge on any atom is -0.461 e. The topological polar surface area (TPSA) is 52.3 Å². The molecule has 0 aliphatic heterocycles. The lowest BCUT2D eigenvalue weighted by Crippen LogP contribution is -2.05.